The number of likely N-dealkylation sites (tertiary alicyclic amines) is 1. The molecule has 2 aliphatic rings. The number of ether oxygens (including phenoxy) is 3. The molecule has 0 N–H and O–H groups in total. The van der Waals surface area contributed by atoms with Crippen molar-refractivity contribution in [2.45, 2.75) is 38.1 Å². The van der Waals surface area contributed by atoms with E-state index < -0.39 is 0 Å². The Morgan fingerprint density at radius 2 is 1.66 bits per heavy atom. The van der Waals surface area contributed by atoms with Crippen LogP contribution in [-0.2, 0) is 12.0 Å². The number of rotatable bonds is 10. The number of para-hydroxylation sites is 2. The first-order chi connectivity index (χ1) is 22.8. The molecule has 1 unspecified atom stereocenters. The zero-order valence-electron chi connectivity index (χ0n) is 27.6. The molecule has 0 radical (unpaired) electrons. The lowest BCUT2D eigenvalue weighted by atomic mass is 9.76. The average Bonchev–Trinajstić information content (AvgIpc) is 3.62. The number of hydrogen-bond donors (Lipinski definition) is 0. The predicted molar refractivity (Wildman–Crippen MR) is 188 cm³/mol. The summed E-state index contributed by atoms with van der Waals surface area (Å²) in [5.74, 6) is 2.35. The summed E-state index contributed by atoms with van der Waals surface area (Å²) in [5, 5.41) is 1.06. The van der Waals surface area contributed by atoms with Crippen LogP contribution in [0.2, 0.25) is 10.0 Å². The lowest BCUT2D eigenvalue weighted by Gasteiger charge is -2.33. The maximum atomic E-state index is 14.0. The van der Waals surface area contributed by atoms with E-state index in [-0.39, 0.29) is 11.3 Å². The minimum Gasteiger partial charge on any atom is -0.493 e. The highest BCUT2D eigenvalue weighted by Gasteiger charge is 2.42. The fourth-order valence-electron chi connectivity index (χ4n) is 7.23. The summed E-state index contributed by atoms with van der Waals surface area (Å²) in [6.07, 6.45) is 2.76. The molecule has 2 saturated heterocycles. The van der Waals surface area contributed by atoms with Crippen LogP contribution >= 0.6 is 23.2 Å². The van der Waals surface area contributed by atoms with Gasteiger partial charge in [0.25, 0.3) is 5.91 Å². The molecule has 3 aromatic carbocycles. The Morgan fingerprint density at radius 3 is 2.36 bits per heavy atom. The molecule has 4 aromatic rings. The van der Waals surface area contributed by atoms with Gasteiger partial charge in [-0.2, -0.15) is 0 Å². The van der Waals surface area contributed by atoms with Crippen molar-refractivity contribution in [3.63, 3.8) is 0 Å². The lowest BCUT2D eigenvalue weighted by Crippen LogP contribution is -2.39. The van der Waals surface area contributed by atoms with Crippen LogP contribution in [0.25, 0.3) is 11.0 Å². The molecule has 11 heteroatoms. The van der Waals surface area contributed by atoms with Gasteiger partial charge in [-0.1, -0.05) is 41.4 Å². The van der Waals surface area contributed by atoms with Gasteiger partial charge in [0.1, 0.15) is 0 Å². The maximum absolute atomic E-state index is 14.0. The molecule has 2 fully saturated rings. The second-order valence-corrected chi connectivity index (χ2v) is 13.2. The summed E-state index contributed by atoms with van der Waals surface area (Å²) in [6, 6.07) is 17.7. The zero-order chi connectivity index (χ0) is 33.1. The number of imidazole rings is 1. The molecular weight excluding hydrogens is 637 g/mol. The molecule has 6 rings (SSSR count). The smallest absolute Gasteiger partial charge is 0.254 e. The second-order valence-electron chi connectivity index (χ2n) is 12.4. The van der Waals surface area contributed by atoms with Crippen molar-refractivity contribution in [1.29, 1.82) is 0 Å². The van der Waals surface area contributed by atoms with E-state index in [1.165, 1.54) is 5.52 Å². The number of halogens is 2. The SMILES string of the molecule is CCn1c(N2CCCN(CCC3(c4ccc(Cl)c(Cl)c4)CCN(C(=O)c4cc(OC)c(OC)c(OC)c4)C3)CC2)nc2ccccc21. The molecular formula is C36H43Cl2N5O4. The molecule has 0 spiro atoms. The van der Waals surface area contributed by atoms with E-state index in [1.807, 2.05) is 17.0 Å². The Labute approximate surface area is 286 Å². The number of carbonyl (C=O) groups is 1. The highest BCUT2D eigenvalue weighted by molar-refractivity contribution is 6.42. The van der Waals surface area contributed by atoms with Crippen molar-refractivity contribution in [3.8, 4) is 17.2 Å². The molecule has 1 amide bonds. The van der Waals surface area contributed by atoms with E-state index in [2.05, 4.69) is 51.6 Å². The molecule has 0 aliphatic carbocycles. The summed E-state index contributed by atoms with van der Waals surface area (Å²) >= 11 is 12.9. The van der Waals surface area contributed by atoms with Crippen LogP contribution in [0.3, 0.4) is 0 Å². The Balaban J connectivity index is 1.20. The van der Waals surface area contributed by atoms with Crippen LogP contribution in [0, 0.1) is 0 Å². The van der Waals surface area contributed by atoms with Crippen molar-refractivity contribution < 1.29 is 19.0 Å². The fourth-order valence-corrected chi connectivity index (χ4v) is 7.52. The quantitative estimate of drug-likeness (QED) is 0.183. The van der Waals surface area contributed by atoms with E-state index in [0.717, 1.165) is 75.6 Å². The minimum atomic E-state index is -0.271. The number of nitrogens with zero attached hydrogens (tertiary/aromatic N) is 5. The number of aromatic nitrogens is 2. The first kappa shape index (κ1) is 33.2. The molecule has 250 valence electrons. The Kier molecular flexibility index (Phi) is 10.1. The zero-order valence-corrected chi connectivity index (χ0v) is 29.1. The standard InChI is InChI=1S/C36H43Cl2N5O4/c1-5-43-30-10-7-6-9-29(30)39-35(43)41-16-8-15-40(19-20-41)17-13-36(26-11-12-27(37)28(38)23-26)14-18-42(24-36)34(44)25-21-31(45-2)33(47-4)32(22-25)46-3/h6-7,9-12,21-23H,5,8,13-20,24H2,1-4H3. The second kappa shape index (κ2) is 14.2. The molecule has 2 aliphatic heterocycles. The van der Waals surface area contributed by atoms with Crippen LogP contribution in [-0.4, -0.2) is 92.4 Å². The van der Waals surface area contributed by atoms with Crippen LogP contribution in [0.15, 0.2) is 54.6 Å². The number of carbonyl (C=O) groups excluding carboxylic acids is 1. The van der Waals surface area contributed by atoms with Crippen molar-refractivity contribution in [1.82, 2.24) is 19.4 Å². The van der Waals surface area contributed by atoms with Gasteiger partial charge in [0.05, 0.1) is 42.4 Å². The third-order valence-corrected chi connectivity index (χ3v) is 10.6. The summed E-state index contributed by atoms with van der Waals surface area (Å²) in [4.78, 5) is 25.9. The van der Waals surface area contributed by atoms with Crippen molar-refractivity contribution in [2.75, 3.05) is 72.0 Å². The third-order valence-electron chi connectivity index (χ3n) is 9.81. The van der Waals surface area contributed by atoms with Gasteiger partial charge in [0.2, 0.25) is 11.7 Å². The van der Waals surface area contributed by atoms with Gasteiger partial charge in [0, 0.05) is 50.2 Å². The highest BCUT2D eigenvalue weighted by atomic mass is 35.5. The third kappa shape index (κ3) is 6.58. The van der Waals surface area contributed by atoms with Crippen LogP contribution in [0.5, 0.6) is 17.2 Å². The van der Waals surface area contributed by atoms with Crippen molar-refractivity contribution in [2.24, 2.45) is 0 Å². The Hall–Kier alpha value is -3.66. The molecule has 47 heavy (non-hydrogen) atoms. The summed E-state index contributed by atoms with van der Waals surface area (Å²) in [6.45, 7) is 8.99. The number of amides is 1. The fraction of sp³-hybridized carbons (Fsp3) is 0.444. The molecule has 0 saturated carbocycles. The van der Waals surface area contributed by atoms with Gasteiger partial charge in [-0.25, -0.2) is 4.98 Å². The number of benzene rings is 3. The number of aryl methyl sites for hydroxylation is 1. The van der Waals surface area contributed by atoms with Crippen molar-refractivity contribution >= 4 is 46.1 Å². The average molecular weight is 681 g/mol. The number of anilines is 1. The Morgan fingerprint density at radius 1 is 0.894 bits per heavy atom. The van der Waals surface area contributed by atoms with E-state index in [9.17, 15) is 4.79 Å². The number of hydrogen-bond acceptors (Lipinski definition) is 7. The van der Waals surface area contributed by atoms with Crippen molar-refractivity contribution in [3.05, 3.63) is 75.8 Å². The van der Waals surface area contributed by atoms with Gasteiger partial charge in [-0.05, 0) is 81.2 Å². The summed E-state index contributed by atoms with van der Waals surface area (Å²) in [7, 11) is 4.66. The normalized spacial score (nSPS) is 18.9. The first-order valence-electron chi connectivity index (χ1n) is 16.3. The van der Waals surface area contributed by atoms with E-state index >= 15 is 0 Å². The number of methoxy groups -OCH3 is 3. The monoisotopic (exact) mass is 679 g/mol. The summed E-state index contributed by atoms with van der Waals surface area (Å²) < 4.78 is 18.9. The first-order valence-corrected chi connectivity index (χ1v) is 17.0. The summed E-state index contributed by atoms with van der Waals surface area (Å²) in [5.41, 5.74) is 3.56. The van der Waals surface area contributed by atoms with Crippen LogP contribution in [0.4, 0.5) is 5.95 Å². The van der Waals surface area contributed by atoms with Gasteiger partial charge < -0.3 is 33.5 Å². The number of fused-ring (bicyclic) bond motifs is 1. The van der Waals surface area contributed by atoms with E-state index in [0.29, 0.717) is 45.9 Å². The van der Waals surface area contributed by atoms with Crippen LogP contribution in [0.1, 0.15) is 42.1 Å². The van der Waals surface area contributed by atoms with Gasteiger partial charge in [-0.3, -0.25) is 4.79 Å². The predicted octanol–water partition coefficient (Wildman–Crippen LogP) is 6.78. The molecule has 0 bridgehead atoms. The Bertz CT molecular complexity index is 1720. The largest absolute Gasteiger partial charge is 0.493 e. The highest BCUT2D eigenvalue weighted by Crippen LogP contribution is 2.42. The molecule has 9 nitrogen and oxygen atoms in total. The van der Waals surface area contributed by atoms with Gasteiger partial charge in [0.15, 0.2) is 11.5 Å². The lowest BCUT2D eigenvalue weighted by molar-refractivity contribution is 0.0780. The molecule has 1 aromatic heterocycles. The minimum absolute atomic E-state index is 0.0737. The molecule has 1 atom stereocenters. The van der Waals surface area contributed by atoms with Crippen LogP contribution < -0.4 is 19.1 Å². The maximum Gasteiger partial charge on any atom is 0.254 e. The van der Waals surface area contributed by atoms with Gasteiger partial charge in [-0.15, -0.1) is 0 Å². The topological polar surface area (TPSA) is 72.3 Å². The van der Waals surface area contributed by atoms with Gasteiger partial charge >= 0.3 is 0 Å². The van der Waals surface area contributed by atoms with E-state index in [1.54, 1.807) is 33.5 Å². The molecule has 3 heterocycles. The van der Waals surface area contributed by atoms with E-state index in [4.69, 9.17) is 42.4 Å².